The van der Waals surface area contributed by atoms with Gasteiger partial charge in [-0.1, -0.05) is 18.2 Å². The molecule has 7 nitrogen and oxygen atoms in total. The fraction of sp³-hybridized carbons (Fsp3) is 0.500. The van der Waals surface area contributed by atoms with Crippen molar-refractivity contribution < 1.29 is 14.3 Å². The summed E-state index contributed by atoms with van der Waals surface area (Å²) >= 11 is 0. The number of methoxy groups -OCH3 is 1. The van der Waals surface area contributed by atoms with Crippen LogP contribution < -0.4 is 26.0 Å². The predicted octanol–water partition coefficient (Wildman–Crippen LogP) is 4.55. The van der Waals surface area contributed by atoms with E-state index >= 15 is 0 Å². The fourth-order valence-electron chi connectivity index (χ4n) is 6.83. The van der Waals surface area contributed by atoms with Gasteiger partial charge in [-0.05, 0) is 93.0 Å². The van der Waals surface area contributed by atoms with E-state index in [4.69, 9.17) is 4.74 Å². The number of carbonyl (C=O) groups is 2. The molecule has 0 aromatic heterocycles. The summed E-state index contributed by atoms with van der Waals surface area (Å²) in [6.07, 6.45) is 8.00. The molecule has 4 bridgehead atoms. The molecule has 2 aromatic rings. The van der Waals surface area contributed by atoms with Crippen LogP contribution in [0.25, 0.3) is 0 Å². The smallest absolute Gasteiger partial charge is 0.243 e. The van der Waals surface area contributed by atoms with Crippen LogP contribution in [0.15, 0.2) is 42.5 Å². The van der Waals surface area contributed by atoms with E-state index in [0.717, 1.165) is 34.7 Å². The number of ether oxygens (including phenoxy) is 1. The van der Waals surface area contributed by atoms with Gasteiger partial charge in [-0.25, -0.2) is 0 Å². The first-order valence-corrected chi connectivity index (χ1v) is 12.7. The Morgan fingerprint density at radius 2 is 1.54 bits per heavy atom. The molecule has 7 heteroatoms. The maximum Gasteiger partial charge on any atom is 0.243 e. The number of amides is 2. The van der Waals surface area contributed by atoms with Gasteiger partial charge in [0, 0.05) is 5.54 Å². The summed E-state index contributed by atoms with van der Waals surface area (Å²) in [4.78, 5) is 24.8. The monoisotopic (exact) mass is 476 g/mol. The summed E-state index contributed by atoms with van der Waals surface area (Å²) in [5, 5.41) is 12.7. The number of anilines is 3. The fourth-order valence-corrected chi connectivity index (χ4v) is 6.83. The lowest BCUT2D eigenvalue weighted by molar-refractivity contribution is -0.122. The zero-order valence-corrected chi connectivity index (χ0v) is 20.7. The van der Waals surface area contributed by atoms with E-state index in [1.54, 1.807) is 7.11 Å². The van der Waals surface area contributed by atoms with Gasteiger partial charge in [0.25, 0.3) is 0 Å². The highest BCUT2D eigenvalue weighted by Crippen LogP contribution is 2.56. The molecule has 0 aliphatic heterocycles. The molecule has 35 heavy (non-hydrogen) atoms. The quantitative estimate of drug-likeness (QED) is 0.426. The number of para-hydroxylation sites is 2. The third kappa shape index (κ3) is 5.39. The van der Waals surface area contributed by atoms with Crippen molar-refractivity contribution in [2.24, 2.45) is 17.8 Å². The summed E-state index contributed by atoms with van der Waals surface area (Å²) in [6.45, 7) is 1.93. The van der Waals surface area contributed by atoms with Crippen LogP contribution in [0.3, 0.4) is 0 Å². The first-order chi connectivity index (χ1) is 16.9. The van der Waals surface area contributed by atoms with Gasteiger partial charge < -0.3 is 26.0 Å². The van der Waals surface area contributed by atoms with Gasteiger partial charge in [0.15, 0.2) is 0 Å². The molecule has 186 valence electrons. The van der Waals surface area contributed by atoms with Crippen LogP contribution in [0.1, 0.15) is 44.1 Å². The van der Waals surface area contributed by atoms with Crippen molar-refractivity contribution in [3.63, 3.8) is 0 Å². The minimum absolute atomic E-state index is 0.0978. The molecule has 0 spiro atoms. The van der Waals surface area contributed by atoms with Gasteiger partial charge >= 0.3 is 0 Å². The molecule has 0 radical (unpaired) electrons. The number of benzene rings is 2. The van der Waals surface area contributed by atoms with Crippen LogP contribution >= 0.6 is 0 Å². The van der Waals surface area contributed by atoms with E-state index < -0.39 is 0 Å². The molecule has 0 unspecified atom stereocenters. The van der Waals surface area contributed by atoms with Crippen LogP contribution in [0.4, 0.5) is 17.1 Å². The SMILES string of the molecule is COc1ccc(C)cc1NC(=O)CNC(=O)CNc1ccccc1NC12CC3CC(CC(C3)C1)C2. The number of hydrogen-bond acceptors (Lipinski definition) is 5. The molecular weight excluding hydrogens is 440 g/mol. The largest absolute Gasteiger partial charge is 0.495 e. The lowest BCUT2D eigenvalue weighted by Crippen LogP contribution is -2.54. The zero-order chi connectivity index (χ0) is 24.4. The van der Waals surface area contributed by atoms with Crippen molar-refractivity contribution in [1.82, 2.24) is 5.32 Å². The molecule has 2 amide bonds. The number of hydrogen-bond donors (Lipinski definition) is 4. The average molecular weight is 477 g/mol. The molecule has 2 aromatic carbocycles. The Morgan fingerprint density at radius 1 is 0.886 bits per heavy atom. The molecule has 4 fully saturated rings. The van der Waals surface area contributed by atoms with Crippen LogP contribution in [0.5, 0.6) is 5.75 Å². The van der Waals surface area contributed by atoms with Crippen molar-refractivity contribution in [3.8, 4) is 5.75 Å². The van der Waals surface area contributed by atoms with Crippen molar-refractivity contribution in [2.45, 2.75) is 51.0 Å². The summed E-state index contributed by atoms with van der Waals surface area (Å²) < 4.78 is 5.29. The highest BCUT2D eigenvalue weighted by molar-refractivity contribution is 5.96. The van der Waals surface area contributed by atoms with E-state index in [1.165, 1.54) is 38.5 Å². The first-order valence-electron chi connectivity index (χ1n) is 12.7. The van der Waals surface area contributed by atoms with Crippen molar-refractivity contribution in [1.29, 1.82) is 0 Å². The van der Waals surface area contributed by atoms with Crippen LogP contribution in [0.2, 0.25) is 0 Å². The predicted molar refractivity (Wildman–Crippen MR) is 139 cm³/mol. The van der Waals surface area contributed by atoms with Crippen LogP contribution in [-0.2, 0) is 9.59 Å². The number of carbonyl (C=O) groups excluding carboxylic acids is 2. The summed E-state index contributed by atoms with van der Waals surface area (Å²) in [7, 11) is 1.56. The first kappa shape index (κ1) is 23.5. The Hall–Kier alpha value is -3.22. The second-order valence-corrected chi connectivity index (χ2v) is 10.8. The van der Waals surface area contributed by atoms with Gasteiger partial charge in [-0.3, -0.25) is 9.59 Å². The topological polar surface area (TPSA) is 91.5 Å². The summed E-state index contributed by atoms with van der Waals surface area (Å²) in [6, 6.07) is 13.7. The van der Waals surface area contributed by atoms with Crippen LogP contribution in [-0.4, -0.2) is 37.6 Å². The Kier molecular flexibility index (Phi) is 6.58. The molecule has 4 aliphatic rings. The lowest BCUT2D eigenvalue weighted by atomic mass is 9.53. The Morgan fingerprint density at radius 3 is 2.20 bits per heavy atom. The van der Waals surface area contributed by atoms with Crippen LogP contribution in [0, 0.1) is 24.7 Å². The Balaban J connectivity index is 1.13. The molecule has 6 rings (SSSR count). The van der Waals surface area contributed by atoms with Crippen molar-refractivity contribution >= 4 is 28.9 Å². The van der Waals surface area contributed by atoms with Gasteiger partial charge in [0.2, 0.25) is 11.8 Å². The number of nitrogens with one attached hydrogen (secondary N) is 4. The van der Waals surface area contributed by atoms with E-state index in [2.05, 4.69) is 27.3 Å². The maximum absolute atomic E-state index is 12.5. The van der Waals surface area contributed by atoms with E-state index in [1.807, 2.05) is 43.3 Å². The van der Waals surface area contributed by atoms with Gasteiger partial charge in [0.1, 0.15) is 5.75 Å². The van der Waals surface area contributed by atoms with E-state index in [9.17, 15) is 9.59 Å². The molecule has 0 saturated heterocycles. The summed E-state index contributed by atoms with van der Waals surface area (Å²) in [5.41, 5.74) is 3.78. The normalized spacial score (nSPS) is 26.2. The molecule has 0 atom stereocenters. The van der Waals surface area contributed by atoms with Gasteiger partial charge in [-0.15, -0.1) is 0 Å². The lowest BCUT2D eigenvalue weighted by Gasteiger charge is -2.57. The zero-order valence-electron chi connectivity index (χ0n) is 20.7. The van der Waals surface area contributed by atoms with Gasteiger partial charge in [-0.2, -0.15) is 0 Å². The third-order valence-corrected chi connectivity index (χ3v) is 7.88. The van der Waals surface area contributed by atoms with Gasteiger partial charge in [0.05, 0.1) is 37.3 Å². The minimum atomic E-state index is -0.300. The summed E-state index contributed by atoms with van der Waals surface area (Å²) in [5.74, 6) is 2.65. The molecule has 0 heterocycles. The molecule has 4 N–H and O–H groups in total. The number of aryl methyl sites for hydroxylation is 1. The Bertz CT molecular complexity index is 1060. The van der Waals surface area contributed by atoms with Crippen molar-refractivity contribution in [2.75, 3.05) is 36.1 Å². The molecular formula is C28H36N4O3. The van der Waals surface area contributed by atoms with E-state index in [0.29, 0.717) is 11.4 Å². The molecule has 4 saturated carbocycles. The average Bonchev–Trinajstić information content (AvgIpc) is 2.81. The third-order valence-electron chi connectivity index (χ3n) is 7.88. The Labute approximate surface area is 207 Å². The highest BCUT2D eigenvalue weighted by Gasteiger charge is 2.51. The minimum Gasteiger partial charge on any atom is -0.495 e. The van der Waals surface area contributed by atoms with Crippen molar-refractivity contribution in [3.05, 3.63) is 48.0 Å². The molecule has 4 aliphatic carbocycles. The number of rotatable bonds is 9. The standard InChI is InChI=1S/C28H36N4O3/c1-18-7-8-25(35-2)24(9-18)31-27(34)17-30-26(33)16-29-22-5-3-4-6-23(22)32-28-13-19-10-20(14-28)12-21(11-19)15-28/h3-9,19-21,29,32H,10-17H2,1-2H3,(H,30,33)(H,31,34). The highest BCUT2D eigenvalue weighted by atomic mass is 16.5. The second kappa shape index (κ2) is 9.80. The van der Waals surface area contributed by atoms with E-state index in [-0.39, 0.29) is 30.4 Å². The maximum atomic E-state index is 12.5. The second-order valence-electron chi connectivity index (χ2n) is 10.8.